The molecule has 1 saturated carbocycles. The van der Waals surface area contributed by atoms with E-state index in [0.29, 0.717) is 31.2 Å². The largest absolute Gasteiger partial charge is 0.491 e. The van der Waals surface area contributed by atoms with Gasteiger partial charge in [-0.15, -0.1) is 0 Å². The zero-order chi connectivity index (χ0) is 23.2. The summed E-state index contributed by atoms with van der Waals surface area (Å²) in [6.45, 7) is 2.03. The van der Waals surface area contributed by atoms with Gasteiger partial charge in [0.25, 0.3) is 5.91 Å². The van der Waals surface area contributed by atoms with Crippen LogP contribution >= 0.6 is 0 Å². The molecule has 0 aliphatic heterocycles. The lowest BCUT2D eigenvalue weighted by atomic mass is 10.1. The van der Waals surface area contributed by atoms with Crippen LogP contribution in [0.25, 0.3) is 10.9 Å². The number of ether oxygens (including phenoxy) is 1. The average Bonchev–Trinajstić information content (AvgIpc) is 3.58. The maximum Gasteiger partial charge on any atom is 0.270 e. The van der Waals surface area contributed by atoms with Crippen LogP contribution in [0.3, 0.4) is 0 Å². The molecule has 1 heterocycles. The number of amides is 1. The van der Waals surface area contributed by atoms with E-state index in [-0.39, 0.29) is 25.7 Å². The molecule has 1 amide bonds. The molecule has 0 atom stereocenters. The van der Waals surface area contributed by atoms with Crippen LogP contribution in [0, 0.1) is 0 Å². The summed E-state index contributed by atoms with van der Waals surface area (Å²) in [5.41, 5.74) is 3.85. The highest BCUT2D eigenvalue weighted by Gasteiger charge is 2.24. The standard InChI is InChI=1S/C26H31N3O4/c1-28(18-19-3-2-4-23(15-19)33-14-13-31)9-10-29(11-12-30)26(32)25-17-22-16-21(20-5-6-20)7-8-24(22)27-25/h2-4,7-8,12,15-17,20,27,31H,5-6,9-11,13-14,18H2,1H3. The van der Waals surface area contributed by atoms with Gasteiger partial charge in [-0.2, -0.15) is 0 Å². The van der Waals surface area contributed by atoms with Gasteiger partial charge in [0.1, 0.15) is 24.3 Å². The van der Waals surface area contributed by atoms with E-state index in [0.717, 1.165) is 28.5 Å². The molecule has 0 saturated heterocycles. The minimum atomic E-state index is -0.168. The fourth-order valence-electron chi connectivity index (χ4n) is 4.05. The second-order valence-corrected chi connectivity index (χ2v) is 8.68. The number of hydrogen-bond acceptors (Lipinski definition) is 5. The van der Waals surface area contributed by atoms with Crippen molar-refractivity contribution >= 4 is 23.1 Å². The first kappa shape index (κ1) is 23.0. The van der Waals surface area contributed by atoms with Gasteiger partial charge in [0.2, 0.25) is 0 Å². The Kier molecular flexibility index (Phi) is 7.42. The lowest BCUT2D eigenvalue weighted by molar-refractivity contribution is -0.108. The van der Waals surface area contributed by atoms with E-state index in [1.807, 2.05) is 43.4 Å². The van der Waals surface area contributed by atoms with E-state index in [1.165, 1.54) is 18.4 Å². The zero-order valence-corrected chi connectivity index (χ0v) is 19.0. The second kappa shape index (κ2) is 10.6. The number of nitrogens with zero attached hydrogens (tertiary/aromatic N) is 2. The summed E-state index contributed by atoms with van der Waals surface area (Å²) in [5, 5.41) is 9.96. The molecule has 1 fully saturated rings. The Morgan fingerprint density at radius 3 is 2.79 bits per heavy atom. The highest BCUT2D eigenvalue weighted by molar-refractivity contribution is 5.98. The zero-order valence-electron chi connectivity index (χ0n) is 19.0. The van der Waals surface area contributed by atoms with Crippen LogP contribution in [0.5, 0.6) is 5.75 Å². The quantitative estimate of drug-likeness (QED) is 0.415. The molecular weight excluding hydrogens is 418 g/mol. The molecule has 0 bridgehead atoms. The van der Waals surface area contributed by atoms with E-state index in [2.05, 4.69) is 22.0 Å². The molecule has 3 aromatic rings. The Labute approximate surface area is 194 Å². The van der Waals surface area contributed by atoms with Gasteiger partial charge >= 0.3 is 0 Å². The first-order chi connectivity index (χ1) is 16.1. The molecule has 1 aromatic heterocycles. The lowest BCUT2D eigenvalue weighted by Crippen LogP contribution is -2.38. The maximum atomic E-state index is 13.1. The number of rotatable bonds is 12. The van der Waals surface area contributed by atoms with E-state index in [1.54, 1.807) is 4.90 Å². The number of benzene rings is 2. The summed E-state index contributed by atoms with van der Waals surface area (Å²) in [5.74, 6) is 1.21. The Morgan fingerprint density at radius 1 is 1.18 bits per heavy atom. The number of aldehydes is 1. The van der Waals surface area contributed by atoms with Gasteiger partial charge in [-0.25, -0.2) is 0 Å². The van der Waals surface area contributed by atoms with Crippen LogP contribution in [0.1, 0.15) is 40.4 Å². The molecule has 2 aromatic carbocycles. The molecular formula is C26H31N3O4. The third kappa shape index (κ3) is 6.00. The summed E-state index contributed by atoms with van der Waals surface area (Å²) in [4.78, 5) is 31.3. The Morgan fingerprint density at radius 2 is 2.03 bits per heavy atom. The van der Waals surface area contributed by atoms with Crippen molar-refractivity contribution in [2.24, 2.45) is 0 Å². The molecule has 7 nitrogen and oxygen atoms in total. The van der Waals surface area contributed by atoms with E-state index in [9.17, 15) is 9.59 Å². The number of aromatic amines is 1. The highest BCUT2D eigenvalue weighted by atomic mass is 16.5. The predicted octanol–water partition coefficient (Wildman–Crippen LogP) is 3.19. The summed E-state index contributed by atoms with van der Waals surface area (Å²) < 4.78 is 5.47. The number of aliphatic hydroxyl groups excluding tert-OH is 1. The van der Waals surface area contributed by atoms with Crippen molar-refractivity contribution < 1.29 is 19.4 Å². The fourth-order valence-corrected chi connectivity index (χ4v) is 4.05. The van der Waals surface area contributed by atoms with E-state index in [4.69, 9.17) is 9.84 Å². The Balaban J connectivity index is 1.37. The van der Waals surface area contributed by atoms with Gasteiger partial charge in [0.15, 0.2) is 0 Å². The minimum absolute atomic E-state index is 0.0250. The molecule has 2 N–H and O–H groups in total. The summed E-state index contributed by atoms with van der Waals surface area (Å²) in [6.07, 6.45) is 3.25. The number of nitrogens with one attached hydrogen (secondary N) is 1. The molecule has 0 spiro atoms. The van der Waals surface area contributed by atoms with Gasteiger partial charge in [0, 0.05) is 30.5 Å². The molecule has 1 aliphatic rings. The number of carbonyl (C=O) groups excluding carboxylic acids is 2. The molecule has 0 radical (unpaired) electrons. The van der Waals surface area contributed by atoms with Crippen LogP contribution in [0.4, 0.5) is 0 Å². The van der Waals surface area contributed by atoms with Crippen LogP contribution in [0.2, 0.25) is 0 Å². The fraction of sp³-hybridized carbons (Fsp3) is 0.385. The van der Waals surface area contributed by atoms with Crippen molar-refractivity contribution in [1.29, 1.82) is 0 Å². The van der Waals surface area contributed by atoms with Crippen molar-refractivity contribution in [3.63, 3.8) is 0 Å². The third-order valence-electron chi connectivity index (χ3n) is 5.97. The number of fused-ring (bicyclic) bond motifs is 1. The molecule has 174 valence electrons. The molecule has 0 unspecified atom stereocenters. The first-order valence-electron chi connectivity index (χ1n) is 11.4. The van der Waals surface area contributed by atoms with Crippen molar-refractivity contribution in [2.45, 2.75) is 25.3 Å². The molecule has 4 rings (SSSR count). The first-order valence-corrected chi connectivity index (χ1v) is 11.4. The van der Waals surface area contributed by atoms with Crippen molar-refractivity contribution in [2.75, 3.05) is 39.9 Å². The summed E-state index contributed by atoms with van der Waals surface area (Å²) in [7, 11) is 1.98. The topological polar surface area (TPSA) is 85.9 Å². The SMILES string of the molecule is CN(CCN(CC=O)C(=O)c1cc2cc(C3CC3)ccc2[nH]1)Cc1cccc(OCCO)c1. The molecule has 7 heteroatoms. The van der Waals surface area contributed by atoms with E-state index < -0.39 is 0 Å². The number of hydrogen-bond donors (Lipinski definition) is 2. The van der Waals surface area contributed by atoms with Gasteiger partial charge in [0.05, 0.1) is 13.2 Å². The number of H-pyrrole nitrogens is 1. The number of aliphatic hydroxyl groups is 1. The normalized spacial score (nSPS) is 13.4. The van der Waals surface area contributed by atoms with Gasteiger partial charge in [-0.05, 0) is 67.3 Å². The average molecular weight is 450 g/mol. The van der Waals surface area contributed by atoms with Crippen molar-refractivity contribution in [1.82, 2.24) is 14.8 Å². The van der Waals surface area contributed by atoms with Crippen molar-refractivity contribution in [3.8, 4) is 5.75 Å². The second-order valence-electron chi connectivity index (χ2n) is 8.68. The van der Waals surface area contributed by atoms with Gasteiger partial charge in [-0.1, -0.05) is 18.2 Å². The monoisotopic (exact) mass is 449 g/mol. The predicted molar refractivity (Wildman–Crippen MR) is 128 cm³/mol. The molecule has 33 heavy (non-hydrogen) atoms. The van der Waals surface area contributed by atoms with Crippen LogP contribution in [-0.2, 0) is 11.3 Å². The number of aromatic nitrogens is 1. The van der Waals surface area contributed by atoms with Gasteiger partial charge < -0.3 is 29.4 Å². The van der Waals surface area contributed by atoms with Crippen LogP contribution in [-0.4, -0.2) is 72.0 Å². The Bertz CT molecular complexity index is 1110. The third-order valence-corrected chi connectivity index (χ3v) is 5.97. The minimum Gasteiger partial charge on any atom is -0.491 e. The summed E-state index contributed by atoms with van der Waals surface area (Å²) in [6, 6.07) is 16.0. The lowest BCUT2D eigenvalue weighted by Gasteiger charge is -2.24. The number of likely N-dealkylation sites (N-methyl/N-ethyl adjacent to an activating group) is 1. The smallest absolute Gasteiger partial charge is 0.270 e. The number of carbonyl (C=O) groups is 2. The van der Waals surface area contributed by atoms with Crippen LogP contribution < -0.4 is 4.74 Å². The maximum absolute atomic E-state index is 13.1. The van der Waals surface area contributed by atoms with Crippen molar-refractivity contribution in [3.05, 3.63) is 65.4 Å². The molecule has 1 aliphatic carbocycles. The van der Waals surface area contributed by atoms with Gasteiger partial charge in [-0.3, -0.25) is 4.79 Å². The van der Waals surface area contributed by atoms with E-state index >= 15 is 0 Å². The highest BCUT2D eigenvalue weighted by Crippen LogP contribution is 2.40. The van der Waals surface area contributed by atoms with Crippen LogP contribution in [0.15, 0.2) is 48.5 Å². The Hall–Kier alpha value is -3.16. The summed E-state index contributed by atoms with van der Waals surface area (Å²) >= 11 is 0.